The molecule has 2 heterocycles. The lowest BCUT2D eigenvalue weighted by molar-refractivity contribution is -0.387. The topological polar surface area (TPSA) is 38.8 Å². The van der Waals surface area contributed by atoms with Crippen LogP contribution in [0.3, 0.4) is 0 Å². The maximum Gasteiger partial charge on any atom is 0.486 e. The predicted octanol–water partition coefficient (Wildman–Crippen LogP) is 3.36. The summed E-state index contributed by atoms with van der Waals surface area (Å²) < 4.78 is 51.7. The molecule has 2 fully saturated rings. The molecule has 23 heavy (non-hydrogen) atoms. The smallest absolute Gasteiger partial charge is 0.432 e. The number of ether oxygens (including phenoxy) is 2. The third-order valence-electron chi connectivity index (χ3n) is 5.07. The molecular formula is C16H16F3NO3. The maximum atomic E-state index is 13.8. The molecule has 0 bridgehead atoms. The van der Waals surface area contributed by atoms with Gasteiger partial charge in [0, 0.05) is 12.1 Å². The van der Waals surface area contributed by atoms with Crippen molar-refractivity contribution in [1.82, 2.24) is 4.90 Å². The quantitative estimate of drug-likeness (QED) is 0.685. The largest absolute Gasteiger partial charge is 0.486 e. The van der Waals surface area contributed by atoms with E-state index in [9.17, 15) is 18.0 Å². The fourth-order valence-corrected chi connectivity index (χ4v) is 3.93. The number of esters is 1. The van der Waals surface area contributed by atoms with Crippen LogP contribution in [0.25, 0.3) is 0 Å². The Kier molecular flexibility index (Phi) is 2.98. The molecule has 0 amide bonds. The van der Waals surface area contributed by atoms with Gasteiger partial charge in [0.25, 0.3) is 0 Å². The van der Waals surface area contributed by atoms with Crippen LogP contribution in [0, 0.1) is 0 Å². The van der Waals surface area contributed by atoms with Crippen molar-refractivity contribution in [2.24, 2.45) is 0 Å². The van der Waals surface area contributed by atoms with Crippen LogP contribution in [-0.2, 0) is 16.1 Å². The Morgan fingerprint density at radius 2 is 1.74 bits per heavy atom. The molecule has 3 aliphatic rings. The molecule has 2 aliphatic heterocycles. The monoisotopic (exact) mass is 327 g/mol. The van der Waals surface area contributed by atoms with Crippen LogP contribution in [0.4, 0.5) is 13.2 Å². The van der Waals surface area contributed by atoms with Crippen LogP contribution in [0.15, 0.2) is 24.3 Å². The van der Waals surface area contributed by atoms with Gasteiger partial charge < -0.3 is 9.47 Å². The molecule has 1 atom stereocenters. The third-order valence-corrected chi connectivity index (χ3v) is 5.07. The van der Waals surface area contributed by atoms with Gasteiger partial charge in [-0.2, -0.15) is 13.2 Å². The molecule has 0 aromatic heterocycles. The van der Waals surface area contributed by atoms with Gasteiger partial charge >= 0.3 is 18.1 Å². The van der Waals surface area contributed by atoms with E-state index in [4.69, 9.17) is 9.47 Å². The predicted molar refractivity (Wildman–Crippen MR) is 73.3 cm³/mol. The van der Waals surface area contributed by atoms with E-state index >= 15 is 0 Å². The highest BCUT2D eigenvalue weighted by Crippen LogP contribution is 2.54. The standard InChI is InChI=1S/C16H16F3NO3/c17-15(18,19)16-20(10-11-6-2-3-7-12(11)22-16)14(13(21)23-16)8-4-1-5-9-14/h2-3,6-7H,1,4-5,8-10H2. The normalized spacial score (nSPS) is 29.6. The zero-order chi connectivity index (χ0) is 16.3. The van der Waals surface area contributed by atoms with E-state index in [0.717, 1.165) is 11.3 Å². The van der Waals surface area contributed by atoms with Gasteiger partial charge in [-0.25, -0.2) is 9.69 Å². The van der Waals surface area contributed by atoms with E-state index < -0.39 is 23.6 Å². The number of benzene rings is 1. The second kappa shape index (κ2) is 4.63. The van der Waals surface area contributed by atoms with Crippen molar-refractivity contribution in [2.75, 3.05) is 0 Å². The molecule has 124 valence electrons. The number of halogens is 3. The first-order chi connectivity index (χ1) is 10.9. The van der Waals surface area contributed by atoms with Crippen LogP contribution in [0.2, 0.25) is 0 Å². The van der Waals surface area contributed by atoms with Gasteiger partial charge in [0.2, 0.25) is 0 Å². The SMILES string of the molecule is O=C1OC2(C(F)(F)F)Oc3ccccc3CN2C12CCCCC2. The van der Waals surface area contributed by atoms with Gasteiger partial charge in [-0.3, -0.25) is 0 Å². The minimum atomic E-state index is -4.84. The molecule has 4 rings (SSSR count). The first-order valence-electron chi connectivity index (χ1n) is 7.74. The van der Waals surface area contributed by atoms with Gasteiger partial charge in [0.05, 0.1) is 0 Å². The van der Waals surface area contributed by atoms with E-state index in [-0.39, 0.29) is 12.3 Å². The number of para-hydroxylation sites is 1. The molecule has 1 spiro atoms. The summed E-state index contributed by atoms with van der Waals surface area (Å²) in [4.78, 5) is 13.6. The highest BCUT2D eigenvalue weighted by atomic mass is 19.4. The number of nitrogens with zero attached hydrogens (tertiary/aromatic N) is 1. The average Bonchev–Trinajstić information content (AvgIpc) is 2.75. The second-order valence-electron chi connectivity index (χ2n) is 6.36. The fraction of sp³-hybridized carbons (Fsp3) is 0.562. The van der Waals surface area contributed by atoms with E-state index in [1.54, 1.807) is 18.2 Å². The van der Waals surface area contributed by atoms with Gasteiger partial charge in [-0.15, -0.1) is 0 Å². The van der Waals surface area contributed by atoms with Crippen molar-refractivity contribution in [3.8, 4) is 5.75 Å². The van der Waals surface area contributed by atoms with Crippen molar-refractivity contribution >= 4 is 5.97 Å². The van der Waals surface area contributed by atoms with Gasteiger partial charge in [0.15, 0.2) is 0 Å². The fourth-order valence-electron chi connectivity index (χ4n) is 3.93. The highest BCUT2D eigenvalue weighted by molar-refractivity contribution is 5.84. The lowest BCUT2D eigenvalue weighted by Crippen LogP contribution is -2.66. The average molecular weight is 327 g/mol. The van der Waals surface area contributed by atoms with Crippen molar-refractivity contribution in [2.45, 2.75) is 56.3 Å². The Hall–Kier alpha value is -1.76. The minimum absolute atomic E-state index is 0.0125. The van der Waals surface area contributed by atoms with Gasteiger partial charge in [-0.1, -0.05) is 37.5 Å². The summed E-state index contributed by atoms with van der Waals surface area (Å²) in [5.74, 6) is -3.71. The summed E-state index contributed by atoms with van der Waals surface area (Å²) in [6.45, 7) is -0.0125. The number of hydrogen-bond acceptors (Lipinski definition) is 4. The molecule has 4 nitrogen and oxygen atoms in total. The molecule has 1 aliphatic carbocycles. The van der Waals surface area contributed by atoms with Crippen LogP contribution in [0.5, 0.6) is 5.75 Å². The van der Waals surface area contributed by atoms with Gasteiger partial charge in [0.1, 0.15) is 11.3 Å². The summed E-state index contributed by atoms with van der Waals surface area (Å²) in [5.41, 5.74) is -0.600. The third kappa shape index (κ3) is 1.86. The molecule has 1 unspecified atom stereocenters. The Balaban J connectivity index is 1.87. The Labute approximate surface area is 131 Å². The van der Waals surface area contributed by atoms with Crippen molar-refractivity contribution in [3.63, 3.8) is 0 Å². The van der Waals surface area contributed by atoms with Crippen molar-refractivity contribution in [1.29, 1.82) is 0 Å². The summed E-state index contributed by atoms with van der Waals surface area (Å²) in [5, 5.41) is 0. The first-order valence-corrected chi connectivity index (χ1v) is 7.74. The number of fused-ring (bicyclic) bond motifs is 3. The van der Waals surface area contributed by atoms with Crippen molar-refractivity contribution < 1.29 is 27.4 Å². The molecule has 0 N–H and O–H groups in total. The van der Waals surface area contributed by atoms with E-state index in [0.29, 0.717) is 31.2 Å². The number of alkyl halides is 3. The number of hydrogen-bond donors (Lipinski definition) is 0. The van der Waals surface area contributed by atoms with E-state index in [1.165, 1.54) is 6.07 Å². The molecule has 7 heteroatoms. The number of carbonyl (C=O) groups is 1. The van der Waals surface area contributed by atoms with E-state index in [1.807, 2.05) is 0 Å². The maximum absolute atomic E-state index is 13.8. The molecule has 1 aromatic rings. The van der Waals surface area contributed by atoms with Crippen molar-refractivity contribution in [3.05, 3.63) is 29.8 Å². The lowest BCUT2D eigenvalue weighted by atomic mass is 9.80. The van der Waals surface area contributed by atoms with Crippen LogP contribution in [0.1, 0.15) is 37.7 Å². The molecular weight excluding hydrogens is 311 g/mol. The second-order valence-corrected chi connectivity index (χ2v) is 6.36. The minimum Gasteiger partial charge on any atom is -0.432 e. The molecule has 1 aromatic carbocycles. The Morgan fingerprint density at radius 3 is 2.43 bits per heavy atom. The Bertz CT molecular complexity index is 654. The number of rotatable bonds is 0. The van der Waals surface area contributed by atoms with Crippen LogP contribution >= 0.6 is 0 Å². The highest BCUT2D eigenvalue weighted by Gasteiger charge is 2.77. The van der Waals surface area contributed by atoms with Gasteiger partial charge in [-0.05, 0) is 18.9 Å². The van der Waals surface area contributed by atoms with E-state index in [2.05, 4.69) is 0 Å². The van der Waals surface area contributed by atoms with Crippen LogP contribution < -0.4 is 4.74 Å². The first kappa shape index (κ1) is 14.8. The molecule has 1 saturated heterocycles. The molecule has 0 radical (unpaired) electrons. The summed E-state index contributed by atoms with van der Waals surface area (Å²) in [6, 6.07) is 6.54. The molecule has 1 saturated carbocycles. The summed E-state index contributed by atoms with van der Waals surface area (Å²) >= 11 is 0. The summed E-state index contributed by atoms with van der Waals surface area (Å²) in [6.07, 6.45) is -1.76. The lowest BCUT2D eigenvalue weighted by Gasteiger charge is -2.46. The number of carbonyl (C=O) groups excluding carboxylic acids is 1. The van der Waals surface area contributed by atoms with Crippen LogP contribution in [-0.4, -0.2) is 28.5 Å². The zero-order valence-electron chi connectivity index (χ0n) is 12.4. The summed E-state index contributed by atoms with van der Waals surface area (Å²) in [7, 11) is 0. The Morgan fingerprint density at radius 1 is 1.04 bits per heavy atom. The zero-order valence-corrected chi connectivity index (χ0v) is 12.4.